The van der Waals surface area contributed by atoms with Crippen LogP contribution in [0.3, 0.4) is 0 Å². The van der Waals surface area contributed by atoms with Crippen molar-refractivity contribution in [1.82, 2.24) is 9.88 Å². The molecular weight excluding hydrogens is 174 g/mol. The second kappa shape index (κ2) is 3.67. The Balaban J connectivity index is 2.18. The van der Waals surface area contributed by atoms with Crippen LogP contribution >= 0.6 is 0 Å². The van der Waals surface area contributed by atoms with Crippen LogP contribution in [0.15, 0.2) is 24.5 Å². The summed E-state index contributed by atoms with van der Waals surface area (Å²) in [6, 6.07) is 4.05. The summed E-state index contributed by atoms with van der Waals surface area (Å²) in [6.07, 6.45) is 5.89. The number of hydrogen-bond acceptors (Lipinski definition) is 3. The van der Waals surface area contributed by atoms with Crippen molar-refractivity contribution in [2.75, 3.05) is 13.1 Å². The van der Waals surface area contributed by atoms with E-state index in [2.05, 4.69) is 24.2 Å². The van der Waals surface area contributed by atoms with E-state index < -0.39 is 0 Å². The number of hydrogen-bond donors (Lipinski definition) is 0. The first-order valence-corrected chi connectivity index (χ1v) is 4.86. The van der Waals surface area contributed by atoms with Crippen LogP contribution < -0.4 is 0 Å². The first-order valence-electron chi connectivity index (χ1n) is 4.86. The molecule has 1 saturated heterocycles. The van der Waals surface area contributed by atoms with E-state index in [1.807, 2.05) is 17.2 Å². The van der Waals surface area contributed by atoms with Gasteiger partial charge in [-0.1, -0.05) is 13.0 Å². The van der Waals surface area contributed by atoms with Gasteiger partial charge in [-0.25, -0.2) is 0 Å². The molecule has 1 aliphatic heterocycles. The molecule has 0 aliphatic carbocycles. The minimum Gasteiger partial charge on any atom is -0.310 e. The lowest BCUT2D eigenvalue weighted by molar-refractivity contribution is 0.465. The molecule has 0 saturated carbocycles. The van der Waals surface area contributed by atoms with Gasteiger partial charge >= 0.3 is 0 Å². The van der Waals surface area contributed by atoms with Crippen LogP contribution in [0.1, 0.15) is 18.4 Å². The Hall–Kier alpha value is -1.56. The summed E-state index contributed by atoms with van der Waals surface area (Å²) >= 11 is 0. The molecule has 2 heterocycles. The largest absolute Gasteiger partial charge is 0.310 e. The number of pyridine rings is 1. The fourth-order valence-corrected chi connectivity index (χ4v) is 2.08. The molecular formula is C11H13N3. The molecule has 3 nitrogen and oxygen atoms in total. The molecule has 2 rings (SSSR count). The standard InChI is InChI=1S/C11H13N3/c1-9-6-14(8-12)7-11(9)10-3-2-4-13-5-10/h2-5,9,11H,6-7H2,1H3/t9-,11-/m1/s1. The van der Waals surface area contributed by atoms with Crippen LogP contribution in [-0.2, 0) is 0 Å². The van der Waals surface area contributed by atoms with Crippen molar-refractivity contribution in [3.05, 3.63) is 30.1 Å². The summed E-state index contributed by atoms with van der Waals surface area (Å²) < 4.78 is 0. The van der Waals surface area contributed by atoms with Gasteiger partial charge in [0.1, 0.15) is 0 Å². The molecule has 0 radical (unpaired) electrons. The average Bonchev–Trinajstić information content (AvgIpc) is 2.61. The van der Waals surface area contributed by atoms with Gasteiger partial charge in [0.25, 0.3) is 0 Å². The molecule has 0 aromatic carbocycles. The lowest BCUT2D eigenvalue weighted by Gasteiger charge is -2.12. The summed E-state index contributed by atoms with van der Waals surface area (Å²) in [5.74, 6) is 1.00. The maximum Gasteiger partial charge on any atom is 0.179 e. The molecule has 14 heavy (non-hydrogen) atoms. The van der Waals surface area contributed by atoms with Gasteiger partial charge in [0.15, 0.2) is 6.19 Å². The zero-order valence-electron chi connectivity index (χ0n) is 8.22. The minimum atomic E-state index is 0.461. The highest BCUT2D eigenvalue weighted by Crippen LogP contribution is 2.31. The van der Waals surface area contributed by atoms with Gasteiger partial charge in [-0.2, -0.15) is 5.26 Å². The molecule has 0 amide bonds. The van der Waals surface area contributed by atoms with E-state index in [0.717, 1.165) is 13.1 Å². The third kappa shape index (κ3) is 1.56. The average molecular weight is 187 g/mol. The van der Waals surface area contributed by atoms with Crippen molar-refractivity contribution in [3.63, 3.8) is 0 Å². The smallest absolute Gasteiger partial charge is 0.179 e. The van der Waals surface area contributed by atoms with Crippen molar-refractivity contribution >= 4 is 0 Å². The summed E-state index contributed by atoms with van der Waals surface area (Å²) in [7, 11) is 0. The van der Waals surface area contributed by atoms with E-state index in [4.69, 9.17) is 5.26 Å². The lowest BCUT2D eigenvalue weighted by Crippen LogP contribution is -2.12. The lowest BCUT2D eigenvalue weighted by atomic mass is 9.92. The van der Waals surface area contributed by atoms with Crippen molar-refractivity contribution in [1.29, 1.82) is 5.26 Å². The maximum atomic E-state index is 8.81. The van der Waals surface area contributed by atoms with Crippen LogP contribution in [0, 0.1) is 17.4 Å². The molecule has 0 unspecified atom stereocenters. The van der Waals surface area contributed by atoms with Gasteiger partial charge in [0.05, 0.1) is 0 Å². The van der Waals surface area contributed by atoms with Gasteiger partial charge in [-0.15, -0.1) is 0 Å². The molecule has 1 aromatic rings. The van der Waals surface area contributed by atoms with Gasteiger partial charge in [-0.05, 0) is 17.5 Å². The fourth-order valence-electron chi connectivity index (χ4n) is 2.08. The maximum absolute atomic E-state index is 8.81. The molecule has 0 spiro atoms. The van der Waals surface area contributed by atoms with E-state index >= 15 is 0 Å². The Morgan fingerprint density at radius 1 is 1.57 bits per heavy atom. The van der Waals surface area contributed by atoms with Crippen molar-refractivity contribution in [2.45, 2.75) is 12.8 Å². The SMILES string of the molecule is C[C@@H]1CN(C#N)C[C@H]1c1cccnc1. The third-order valence-corrected chi connectivity index (χ3v) is 2.87. The van der Waals surface area contributed by atoms with Crippen LogP contribution in [0.25, 0.3) is 0 Å². The second-order valence-electron chi connectivity index (χ2n) is 3.88. The number of aromatic nitrogens is 1. The highest BCUT2D eigenvalue weighted by atomic mass is 15.1. The van der Waals surface area contributed by atoms with Gasteiger partial charge in [-0.3, -0.25) is 4.98 Å². The molecule has 1 aliphatic rings. The van der Waals surface area contributed by atoms with Crippen LogP contribution in [-0.4, -0.2) is 23.0 Å². The number of rotatable bonds is 1. The Morgan fingerprint density at radius 3 is 3.00 bits per heavy atom. The Morgan fingerprint density at radius 2 is 2.43 bits per heavy atom. The van der Waals surface area contributed by atoms with Gasteiger partial charge < -0.3 is 4.90 Å². The Bertz CT molecular complexity index is 341. The molecule has 0 bridgehead atoms. The number of nitriles is 1. The second-order valence-corrected chi connectivity index (χ2v) is 3.88. The first kappa shape index (κ1) is 9.01. The van der Waals surface area contributed by atoms with Crippen molar-refractivity contribution < 1.29 is 0 Å². The Labute approximate surface area is 84.0 Å². The predicted octanol–water partition coefficient (Wildman–Crippen LogP) is 1.60. The highest BCUT2D eigenvalue weighted by Gasteiger charge is 2.30. The Kier molecular flexibility index (Phi) is 2.36. The summed E-state index contributed by atoms with van der Waals surface area (Å²) in [4.78, 5) is 5.93. The van der Waals surface area contributed by atoms with Gasteiger partial charge in [0, 0.05) is 31.4 Å². The van der Waals surface area contributed by atoms with Crippen molar-refractivity contribution in [2.24, 2.45) is 5.92 Å². The fraction of sp³-hybridized carbons (Fsp3) is 0.455. The molecule has 0 N–H and O–H groups in total. The predicted molar refractivity (Wildman–Crippen MR) is 53.3 cm³/mol. The van der Waals surface area contributed by atoms with E-state index in [1.54, 1.807) is 6.20 Å². The van der Waals surface area contributed by atoms with E-state index in [9.17, 15) is 0 Å². The molecule has 1 aromatic heterocycles. The van der Waals surface area contributed by atoms with Crippen LogP contribution in [0.4, 0.5) is 0 Å². The zero-order chi connectivity index (χ0) is 9.97. The quantitative estimate of drug-likeness (QED) is 0.627. The zero-order valence-corrected chi connectivity index (χ0v) is 8.22. The van der Waals surface area contributed by atoms with Gasteiger partial charge in [0.2, 0.25) is 0 Å². The molecule has 2 atom stereocenters. The summed E-state index contributed by atoms with van der Waals surface area (Å²) in [5.41, 5.74) is 1.25. The van der Waals surface area contributed by atoms with E-state index in [1.165, 1.54) is 5.56 Å². The van der Waals surface area contributed by atoms with Crippen molar-refractivity contribution in [3.8, 4) is 6.19 Å². The highest BCUT2D eigenvalue weighted by molar-refractivity contribution is 5.18. The topological polar surface area (TPSA) is 39.9 Å². The van der Waals surface area contributed by atoms with E-state index in [-0.39, 0.29) is 0 Å². The molecule has 1 fully saturated rings. The number of likely N-dealkylation sites (tertiary alicyclic amines) is 1. The number of nitrogens with zero attached hydrogens (tertiary/aromatic N) is 3. The van der Waals surface area contributed by atoms with E-state index in [0.29, 0.717) is 11.8 Å². The summed E-state index contributed by atoms with van der Waals surface area (Å²) in [6.45, 7) is 3.90. The molecule has 3 heteroatoms. The minimum absolute atomic E-state index is 0.461. The first-order chi connectivity index (χ1) is 6.81. The monoisotopic (exact) mass is 187 g/mol. The molecule has 72 valence electrons. The van der Waals surface area contributed by atoms with Crippen LogP contribution in [0.5, 0.6) is 0 Å². The van der Waals surface area contributed by atoms with Crippen LogP contribution in [0.2, 0.25) is 0 Å². The normalized spacial score (nSPS) is 26.1. The summed E-state index contributed by atoms with van der Waals surface area (Å²) in [5, 5.41) is 8.81. The third-order valence-electron chi connectivity index (χ3n) is 2.87.